The Kier molecular flexibility index (Phi) is 3.13. The molecule has 0 bridgehead atoms. The standard InChI is InChI=1S/C6H9ClN2O4S/c1-4-6(11)8-5(10)2-9(4)14(12,13)3-7/h4H,2-3H2,1H3,(H,8,10,11). The van der Waals surface area contributed by atoms with Crippen LogP contribution in [0.3, 0.4) is 0 Å². The molecule has 0 radical (unpaired) electrons. The third-order valence-electron chi connectivity index (χ3n) is 1.87. The van der Waals surface area contributed by atoms with Gasteiger partial charge in [-0.1, -0.05) is 0 Å². The lowest BCUT2D eigenvalue weighted by atomic mass is 10.2. The Morgan fingerprint density at radius 3 is 2.64 bits per heavy atom. The van der Waals surface area contributed by atoms with Gasteiger partial charge in [-0.05, 0) is 6.92 Å². The van der Waals surface area contributed by atoms with E-state index in [9.17, 15) is 18.0 Å². The van der Waals surface area contributed by atoms with Crippen molar-refractivity contribution in [2.45, 2.75) is 13.0 Å². The zero-order valence-electron chi connectivity index (χ0n) is 7.36. The van der Waals surface area contributed by atoms with Crippen molar-refractivity contribution in [1.82, 2.24) is 9.62 Å². The number of hydrogen-bond donors (Lipinski definition) is 1. The minimum Gasteiger partial charge on any atom is -0.294 e. The number of piperazine rings is 1. The average Bonchev–Trinajstić information content (AvgIpc) is 2.11. The number of halogens is 1. The van der Waals surface area contributed by atoms with Gasteiger partial charge in [-0.2, -0.15) is 4.31 Å². The number of nitrogens with one attached hydrogen (secondary N) is 1. The molecule has 1 heterocycles. The Balaban J connectivity index is 2.98. The second-order valence-corrected chi connectivity index (χ2v) is 5.36. The summed E-state index contributed by atoms with van der Waals surface area (Å²) in [6.45, 7) is 1.04. The number of hydrogen-bond acceptors (Lipinski definition) is 4. The van der Waals surface area contributed by atoms with Crippen LogP contribution in [0.15, 0.2) is 0 Å². The van der Waals surface area contributed by atoms with Crippen molar-refractivity contribution in [3.63, 3.8) is 0 Å². The van der Waals surface area contributed by atoms with Crippen molar-refractivity contribution in [3.05, 3.63) is 0 Å². The molecule has 0 aromatic heterocycles. The molecule has 1 unspecified atom stereocenters. The molecule has 0 saturated carbocycles. The molecule has 1 saturated heterocycles. The van der Waals surface area contributed by atoms with Gasteiger partial charge in [0.05, 0.1) is 6.54 Å². The molecule has 0 aromatic rings. The number of alkyl halides is 1. The van der Waals surface area contributed by atoms with Crippen LogP contribution >= 0.6 is 11.6 Å². The molecule has 80 valence electrons. The number of sulfonamides is 1. The first-order valence-corrected chi connectivity index (χ1v) is 5.92. The Bertz CT molecular complexity index is 366. The summed E-state index contributed by atoms with van der Waals surface area (Å²) in [6, 6.07) is -0.892. The molecule has 0 aliphatic carbocycles. The van der Waals surface area contributed by atoms with Crippen molar-refractivity contribution in [2.75, 3.05) is 11.8 Å². The van der Waals surface area contributed by atoms with E-state index >= 15 is 0 Å². The normalized spacial score (nSPS) is 24.9. The first-order valence-electron chi connectivity index (χ1n) is 3.77. The molecule has 1 aliphatic rings. The molecular formula is C6H9ClN2O4S. The number of nitrogens with zero attached hydrogens (tertiary/aromatic N) is 1. The summed E-state index contributed by atoms with van der Waals surface area (Å²) in [4.78, 5) is 22.0. The molecule has 0 spiro atoms. The van der Waals surface area contributed by atoms with E-state index in [2.05, 4.69) is 0 Å². The lowest BCUT2D eigenvalue weighted by Crippen LogP contribution is -2.58. The fourth-order valence-corrected chi connectivity index (χ4v) is 2.49. The summed E-state index contributed by atoms with van der Waals surface area (Å²) >= 11 is 5.21. The van der Waals surface area contributed by atoms with Crippen LogP contribution in [0.1, 0.15) is 6.92 Å². The number of amides is 2. The van der Waals surface area contributed by atoms with Crippen LogP contribution in [0, 0.1) is 0 Å². The largest absolute Gasteiger partial charge is 0.294 e. The van der Waals surface area contributed by atoms with Crippen LogP contribution in [-0.2, 0) is 19.6 Å². The highest BCUT2D eigenvalue weighted by molar-refractivity contribution is 7.90. The van der Waals surface area contributed by atoms with Crippen molar-refractivity contribution >= 4 is 33.4 Å². The molecule has 14 heavy (non-hydrogen) atoms. The fourth-order valence-electron chi connectivity index (χ4n) is 1.09. The van der Waals surface area contributed by atoms with E-state index in [1.165, 1.54) is 6.92 Å². The highest BCUT2D eigenvalue weighted by Gasteiger charge is 2.37. The van der Waals surface area contributed by atoms with Gasteiger partial charge in [-0.15, -0.1) is 11.6 Å². The van der Waals surface area contributed by atoms with E-state index in [1.54, 1.807) is 0 Å². The Labute approximate surface area is 86.3 Å². The van der Waals surface area contributed by atoms with Gasteiger partial charge in [-0.25, -0.2) is 8.42 Å². The molecule has 2 amide bonds. The summed E-state index contributed by atoms with van der Waals surface area (Å²) in [5.74, 6) is -1.27. The highest BCUT2D eigenvalue weighted by atomic mass is 35.5. The number of imide groups is 1. The molecule has 0 aromatic carbocycles. The Morgan fingerprint density at radius 2 is 2.14 bits per heavy atom. The predicted octanol–water partition coefficient (Wildman–Crippen LogP) is -1.14. The van der Waals surface area contributed by atoms with Crippen LogP contribution in [-0.4, -0.2) is 42.3 Å². The summed E-state index contributed by atoms with van der Waals surface area (Å²) in [6.07, 6.45) is 0. The van der Waals surface area contributed by atoms with Gasteiger partial charge in [0.1, 0.15) is 11.3 Å². The van der Waals surface area contributed by atoms with Gasteiger partial charge < -0.3 is 0 Å². The van der Waals surface area contributed by atoms with E-state index in [4.69, 9.17) is 11.6 Å². The van der Waals surface area contributed by atoms with Crippen LogP contribution in [0.2, 0.25) is 0 Å². The summed E-state index contributed by atoms with van der Waals surface area (Å²) in [5.41, 5.74) is 0. The molecule has 6 nitrogen and oxygen atoms in total. The van der Waals surface area contributed by atoms with Gasteiger partial charge in [0.15, 0.2) is 0 Å². The minimum atomic E-state index is -3.72. The average molecular weight is 241 g/mol. The van der Waals surface area contributed by atoms with Gasteiger partial charge >= 0.3 is 0 Å². The number of carbonyl (C=O) groups is 2. The minimum absolute atomic E-state index is 0.359. The van der Waals surface area contributed by atoms with Crippen LogP contribution in [0.25, 0.3) is 0 Å². The molecular weight excluding hydrogens is 232 g/mol. The van der Waals surface area contributed by atoms with E-state index < -0.39 is 33.1 Å². The lowest BCUT2D eigenvalue weighted by Gasteiger charge is -2.29. The maximum absolute atomic E-state index is 11.3. The monoisotopic (exact) mass is 240 g/mol. The van der Waals surface area contributed by atoms with E-state index in [-0.39, 0.29) is 6.54 Å². The second-order valence-electron chi connectivity index (χ2n) is 2.85. The molecule has 1 fully saturated rings. The summed E-state index contributed by atoms with van der Waals surface area (Å²) in [5, 5.41) is 1.39. The fraction of sp³-hybridized carbons (Fsp3) is 0.667. The number of rotatable bonds is 2. The maximum Gasteiger partial charge on any atom is 0.244 e. The van der Waals surface area contributed by atoms with Gasteiger partial charge in [0.2, 0.25) is 21.8 Å². The van der Waals surface area contributed by atoms with Crippen LogP contribution < -0.4 is 5.32 Å². The van der Waals surface area contributed by atoms with E-state index in [1.807, 2.05) is 5.32 Å². The number of carbonyl (C=O) groups excluding carboxylic acids is 2. The topological polar surface area (TPSA) is 83.6 Å². The van der Waals surface area contributed by atoms with Crippen molar-refractivity contribution < 1.29 is 18.0 Å². The SMILES string of the molecule is CC1C(=O)NC(=O)CN1S(=O)(=O)CCl. The zero-order chi connectivity index (χ0) is 10.9. The zero-order valence-corrected chi connectivity index (χ0v) is 8.93. The molecule has 1 atom stereocenters. The smallest absolute Gasteiger partial charge is 0.244 e. The molecule has 1 aliphatic heterocycles. The van der Waals surface area contributed by atoms with Gasteiger partial charge in [-0.3, -0.25) is 14.9 Å². The van der Waals surface area contributed by atoms with Gasteiger partial charge in [0, 0.05) is 0 Å². The highest BCUT2D eigenvalue weighted by Crippen LogP contribution is 2.12. The summed E-state index contributed by atoms with van der Waals surface area (Å²) in [7, 11) is -3.72. The first-order chi connectivity index (χ1) is 6.38. The van der Waals surface area contributed by atoms with Crippen molar-refractivity contribution in [2.24, 2.45) is 0 Å². The Hall–Kier alpha value is -0.660. The van der Waals surface area contributed by atoms with E-state index in [0.29, 0.717) is 0 Å². The Morgan fingerprint density at radius 1 is 1.57 bits per heavy atom. The first kappa shape index (κ1) is 11.4. The van der Waals surface area contributed by atoms with Crippen LogP contribution in [0.5, 0.6) is 0 Å². The third-order valence-corrected chi connectivity index (χ3v) is 4.13. The molecule has 1 N–H and O–H groups in total. The van der Waals surface area contributed by atoms with E-state index in [0.717, 1.165) is 4.31 Å². The molecule has 8 heteroatoms. The van der Waals surface area contributed by atoms with Crippen molar-refractivity contribution in [3.8, 4) is 0 Å². The van der Waals surface area contributed by atoms with Crippen molar-refractivity contribution in [1.29, 1.82) is 0 Å². The molecule has 1 rings (SSSR count). The second kappa shape index (κ2) is 3.84. The van der Waals surface area contributed by atoms with Crippen LogP contribution in [0.4, 0.5) is 0 Å². The quantitative estimate of drug-likeness (QED) is 0.489. The lowest BCUT2D eigenvalue weighted by molar-refractivity contribution is -0.136. The summed E-state index contributed by atoms with van der Waals surface area (Å²) < 4.78 is 23.4. The third kappa shape index (κ3) is 2.05. The predicted molar refractivity (Wildman–Crippen MR) is 49.0 cm³/mol. The maximum atomic E-state index is 11.3. The van der Waals surface area contributed by atoms with Gasteiger partial charge in [0.25, 0.3) is 0 Å².